The van der Waals surface area contributed by atoms with Gasteiger partial charge in [0.25, 0.3) is 0 Å². The zero-order valence-corrected chi connectivity index (χ0v) is 19.3. The molecule has 0 spiro atoms. The minimum atomic E-state index is 0.175. The van der Waals surface area contributed by atoms with Crippen LogP contribution in [-0.2, 0) is 19.4 Å². The number of piperazine rings is 1. The van der Waals surface area contributed by atoms with E-state index in [0.29, 0.717) is 12.3 Å². The second-order valence-electron chi connectivity index (χ2n) is 9.42. The Labute approximate surface area is 196 Å². The van der Waals surface area contributed by atoms with Crippen LogP contribution in [0.1, 0.15) is 38.5 Å². The van der Waals surface area contributed by atoms with Gasteiger partial charge in [-0.3, -0.25) is 9.69 Å². The fraction of sp³-hybridized carbons (Fsp3) is 0.357. The Hall–Kier alpha value is -3.02. The van der Waals surface area contributed by atoms with E-state index in [2.05, 4.69) is 69.6 Å². The molecule has 0 aliphatic carbocycles. The van der Waals surface area contributed by atoms with E-state index in [9.17, 15) is 4.79 Å². The molecule has 5 nitrogen and oxygen atoms in total. The van der Waals surface area contributed by atoms with E-state index in [1.165, 1.54) is 16.7 Å². The molecule has 0 saturated carbocycles. The molecule has 170 valence electrons. The Morgan fingerprint density at radius 3 is 2.39 bits per heavy atom. The number of carbonyl (C=O) groups excluding carboxylic acids is 1. The predicted octanol–water partition coefficient (Wildman–Crippen LogP) is 4.01. The van der Waals surface area contributed by atoms with Gasteiger partial charge in [-0.05, 0) is 41.8 Å². The van der Waals surface area contributed by atoms with Crippen molar-refractivity contribution in [3.63, 3.8) is 0 Å². The number of Topliss-reactive ketones (excluding diaryl/α,β-unsaturated/α-hetero) is 1. The third-order valence-corrected chi connectivity index (χ3v) is 6.94. The van der Waals surface area contributed by atoms with Crippen molar-refractivity contribution >= 4 is 11.6 Å². The number of nitrogens with one attached hydrogen (secondary N) is 1. The van der Waals surface area contributed by atoms with Crippen LogP contribution < -0.4 is 5.32 Å². The van der Waals surface area contributed by atoms with Crippen molar-refractivity contribution in [3.05, 3.63) is 94.7 Å². The average molecular weight is 441 g/mol. The monoisotopic (exact) mass is 440 g/mol. The number of fused-ring (bicyclic) bond motifs is 1. The molecular formula is C28H32N4O. The summed E-state index contributed by atoms with van der Waals surface area (Å²) in [5.41, 5.74) is 5.73. The van der Waals surface area contributed by atoms with Crippen molar-refractivity contribution < 1.29 is 4.79 Å². The number of hydrogen-bond acceptors (Lipinski definition) is 5. The zero-order valence-electron chi connectivity index (χ0n) is 19.3. The lowest BCUT2D eigenvalue weighted by Crippen LogP contribution is -2.43. The number of ketones is 1. The average Bonchev–Trinajstić information content (AvgIpc) is 3.25. The molecule has 0 bridgehead atoms. The predicted molar refractivity (Wildman–Crippen MR) is 133 cm³/mol. The molecule has 3 aromatic rings. The summed E-state index contributed by atoms with van der Waals surface area (Å²) in [5, 5.41) is 3.39. The number of benzene rings is 2. The number of carbonyl (C=O) groups is 1. The molecule has 0 amide bonds. The fourth-order valence-corrected chi connectivity index (χ4v) is 4.83. The highest BCUT2D eigenvalue weighted by atomic mass is 16.1. The summed E-state index contributed by atoms with van der Waals surface area (Å²) in [6.07, 6.45) is 3.26. The van der Waals surface area contributed by atoms with Crippen molar-refractivity contribution in [2.75, 3.05) is 45.1 Å². The van der Waals surface area contributed by atoms with Gasteiger partial charge in [0.2, 0.25) is 0 Å². The van der Waals surface area contributed by atoms with Gasteiger partial charge in [-0.15, -0.1) is 0 Å². The molecule has 1 atom stereocenters. The molecule has 2 aliphatic heterocycles. The summed E-state index contributed by atoms with van der Waals surface area (Å²) in [5.74, 6) is 1.64. The standard InChI is InChI=1S/C28H32N4O/c1-31-13-15-32(16-14-31)20-23-8-10-24(11-9-23)27(33)18-22-6-4-21(5-7-22)17-25-19-30-28-26(25)3-2-12-29-28/h2-12,25H,13-20H2,1H3,(H,29,30). The second kappa shape index (κ2) is 9.86. The highest BCUT2D eigenvalue weighted by Gasteiger charge is 2.22. The van der Waals surface area contributed by atoms with Crippen LogP contribution >= 0.6 is 0 Å². The molecule has 1 fully saturated rings. The van der Waals surface area contributed by atoms with Crippen molar-refractivity contribution in [2.24, 2.45) is 0 Å². The number of pyridine rings is 1. The van der Waals surface area contributed by atoms with Gasteiger partial charge in [-0.2, -0.15) is 0 Å². The van der Waals surface area contributed by atoms with Gasteiger partial charge in [-0.1, -0.05) is 54.6 Å². The van der Waals surface area contributed by atoms with E-state index in [4.69, 9.17) is 0 Å². The Bertz CT molecular complexity index is 1090. The fourth-order valence-electron chi connectivity index (χ4n) is 4.83. The van der Waals surface area contributed by atoms with Crippen LogP contribution in [0.25, 0.3) is 0 Å². The molecule has 1 saturated heterocycles. The molecule has 1 N–H and O–H groups in total. The first-order chi connectivity index (χ1) is 16.1. The van der Waals surface area contributed by atoms with Crippen molar-refractivity contribution in [2.45, 2.75) is 25.3 Å². The molecule has 1 aromatic heterocycles. The molecule has 2 aliphatic rings. The molecule has 3 heterocycles. The van der Waals surface area contributed by atoms with Gasteiger partial charge < -0.3 is 10.2 Å². The first-order valence-electron chi connectivity index (χ1n) is 11.9. The number of rotatable bonds is 7. The van der Waals surface area contributed by atoms with Crippen LogP contribution in [0.15, 0.2) is 66.9 Å². The summed E-state index contributed by atoms with van der Waals surface area (Å²) in [7, 11) is 2.18. The maximum absolute atomic E-state index is 12.8. The van der Waals surface area contributed by atoms with Crippen LogP contribution in [0.3, 0.4) is 0 Å². The second-order valence-corrected chi connectivity index (χ2v) is 9.42. The van der Waals surface area contributed by atoms with E-state index in [0.717, 1.165) is 62.6 Å². The molecule has 2 aromatic carbocycles. The van der Waals surface area contributed by atoms with Crippen LogP contribution in [0.4, 0.5) is 5.82 Å². The van der Waals surface area contributed by atoms with Gasteiger partial charge >= 0.3 is 0 Å². The number of aromatic nitrogens is 1. The molecule has 5 heteroatoms. The van der Waals surface area contributed by atoms with E-state index in [-0.39, 0.29) is 5.78 Å². The van der Waals surface area contributed by atoms with Crippen LogP contribution in [0.2, 0.25) is 0 Å². The topological polar surface area (TPSA) is 48.5 Å². The highest BCUT2D eigenvalue weighted by Crippen LogP contribution is 2.31. The van der Waals surface area contributed by atoms with Gasteiger partial charge in [-0.25, -0.2) is 4.98 Å². The van der Waals surface area contributed by atoms with Crippen molar-refractivity contribution in [1.82, 2.24) is 14.8 Å². The van der Waals surface area contributed by atoms with Crippen molar-refractivity contribution in [1.29, 1.82) is 0 Å². The minimum Gasteiger partial charge on any atom is -0.369 e. The normalized spacial score (nSPS) is 18.6. The number of anilines is 1. The lowest BCUT2D eigenvalue weighted by Gasteiger charge is -2.32. The highest BCUT2D eigenvalue weighted by molar-refractivity contribution is 5.97. The number of likely N-dealkylation sites (N-methyl/N-ethyl adjacent to an activating group) is 1. The smallest absolute Gasteiger partial charge is 0.167 e. The van der Waals surface area contributed by atoms with E-state index >= 15 is 0 Å². The molecule has 0 radical (unpaired) electrons. The molecule has 1 unspecified atom stereocenters. The summed E-state index contributed by atoms with van der Waals surface area (Å²) >= 11 is 0. The Balaban J connectivity index is 1.15. The maximum atomic E-state index is 12.8. The first-order valence-corrected chi connectivity index (χ1v) is 11.9. The van der Waals surface area contributed by atoms with Gasteiger partial charge in [0, 0.05) is 63.4 Å². The third-order valence-electron chi connectivity index (χ3n) is 6.94. The Morgan fingerprint density at radius 1 is 0.939 bits per heavy atom. The first kappa shape index (κ1) is 21.8. The van der Waals surface area contributed by atoms with E-state index in [1.54, 1.807) is 0 Å². The summed E-state index contributed by atoms with van der Waals surface area (Å²) in [6, 6.07) is 20.9. The van der Waals surface area contributed by atoms with E-state index < -0.39 is 0 Å². The summed E-state index contributed by atoms with van der Waals surface area (Å²) in [6.45, 7) is 6.34. The maximum Gasteiger partial charge on any atom is 0.167 e. The van der Waals surface area contributed by atoms with Crippen molar-refractivity contribution in [3.8, 4) is 0 Å². The van der Waals surface area contributed by atoms with Gasteiger partial charge in [0.1, 0.15) is 5.82 Å². The summed E-state index contributed by atoms with van der Waals surface area (Å²) < 4.78 is 0. The SMILES string of the molecule is CN1CCN(Cc2ccc(C(=O)Cc3ccc(CC4CNc5ncccc54)cc3)cc2)CC1. The quantitative estimate of drug-likeness (QED) is 0.563. The van der Waals surface area contributed by atoms with E-state index in [1.807, 2.05) is 24.4 Å². The number of hydrogen-bond donors (Lipinski definition) is 1. The Morgan fingerprint density at radius 2 is 1.64 bits per heavy atom. The lowest BCUT2D eigenvalue weighted by atomic mass is 9.93. The van der Waals surface area contributed by atoms with Gasteiger partial charge in [0.15, 0.2) is 5.78 Å². The molecule has 5 rings (SSSR count). The summed E-state index contributed by atoms with van der Waals surface area (Å²) in [4.78, 5) is 22.1. The molecular weight excluding hydrogens is 408 g/mol. The minimum absolute atomic E-state index is 0.175. The van der Waals surface area contributed by atoms with Crippen LogP contribution in [0, 0.1) is 0 Å². The Kier molecular flexibility index (Phi) is 6.51. The van der Waals surface area contributed by atoms with Gasteiger partial charge in [0.05, 0.1) is 0 Å². The molecule has 33 heavy (non-hydrogen) atoms. The zero-order chi connectivity index (χ0) is 22.6. The number of nitrogens with zero attached hydrogens (tertiary/aromatic N) is 3. The van der Waals surface area contributed by atoms with Crippen LogP contribution in [0.5, 0.6) is 0 Å². The largest absolute Gasteiger partial charge is 0.369 e. The third kappa shape index (κ3) is 5.32. The van der Waals surface area contributed by atoms with Crippen LogP contribution in [-0.4, -0.2) is 60.3 Å². The lowest BCUT2D eigenvalue weighted by molar-refractivity contribution is 0.0993.